The van der Waals surface area contributed by atoms with Gasteiger partial charge in [-0.2, -0.15) is 0 Å². The van der Waals surface area contributed by atoms with E-state index in [0.29, 0.717) is 57.1 Å². The maximum absolute atomic E-state index is 12.9. The molecule has 10 nitrogen and oxygen atoms in total. The van der Waals surface area contributed by atoms with Gasteiger partial charge < -0.3 is 20.3 Å². The number of ether oxygens (including phenoxy) is 1. The van der Waals surface area contributed by atoms with Gasteiger partial charge in [0, 0.05) is 68.3 Å². The number of rotatable bonds is 7. The van der Waals surface area contributed by atoms with Crippen LogP contribution in [0.3, 0.4) is 0 Å². The van der Waals surface area contributed by atoms with Crippen molar-refractivity contribution < 1.29 is 19.1 Å². The molecule has 0 bridgehead atoms. The zero-order chi connectivity index (χ0) is 30.6. The van der Waals surface area contributed by atoms with Crippen molar-refractivity contribution in [2.45, 2.75) is 71.3 Å². The Hall–Kier alpha value is -3.86. The Labute approximate surface area is 256 Å². The Morgan fingerprint density at radius 1 is 1.12 bits per heavy atom. The second kappa shape index (κ2) is 12.8. The normalized spacial score (nSPS) is 18.3. The average Bonchev–Trinajstić information content (AvgIpc) is 3.48. The number of amidine groups is 1. The van der Waals surface area contributed by atoms with Crippen molar-refractivity contribution in [1.29, 1.82) is 0 Å². The summed E-state index contributed by atoms with van der Waals surface area (Å²) >= 11 is 1.66. The van der Waals surface area contributed by atoms with Crippen LogP contribution in [0.2, 0.25) is 0 Å². The average molecular weight is 605 g/mol. The topological polar surface area (TPSA) is 131 Å². The fourth-order valence-corrected chi connectivity index (χ4v) is 6.46. The summed E-state index contributed by atoms with van der Waals surface area (Å²) in [6.07, 6.45) is 13.1. The number of amides is 2. The minimum atomic E-state index is -0.566. The first-order chi connectivity index (χ1) is 20.5. The highest BCUT2D eigenvalue weighted by molar-refractivity contribution is 7.09. The van der Waals surface area contributed by atoms with Gasteiger partial charge in [-0.3, -0.25) is 14.4 Å². The minimum Gasteiger partial charge on any atom is -0.460 e. The molecule has 0 radical (unpaired) electrons. The van der Waals surface area contributed by atoms with Crippen molar-refractivity contribution in [3.05, 3.63) is 57.7 Å². The molecular formula is C32H40N6O4S. The summed E-state index contributed by atoms with van der Waals surface area (Å²) in [6, 6.07) is 2.03. The van der Waals surface area contributed by atoms with Gasteiger partial charge in [-0.25, -0.2) is 15.0 Å². The fourth-order valence-electron chi connectivity index (χ4n) is 5.79. The van der Waals surface area contributed by atoms with E-state index in [9.17, 15) is 14.4 Å². The summed E-state index contributed by atoms with van der Waals surface area (Å²) in [5.41, 5.74) is 8.72. The standard InChI is InChI=1S/C32H40N6O4S/c1-31(2,3)42-28(41)7-6-27(40)38-15-10-32(11-16-38)20-24-18-23(21-35-29(24)36-30(32)33)4-5-26(39)37-13-8-22(9-14-37)19-25-34-12-17-43-25/h4-5,8,12,17-18,21H,6-7,9-11,13-16,19-20H2,1-3H3,(H2,33,35,36)/b5-4+. The summed E-state index contributed by atoms with van der Waals surface area (Å²) in [4.78, 5) is 54.9. The number of carbonyl (C=O) groups excluding carboxylic acids is 3. The molecule has 0 saturated carbocycles. The van der Waals surface area contributed by atoms with Crippen LogP contribution in [0.15, 0.2) is 46.6 Å². The molecule has 2 N–H and O–H groups in total. The van der Waals surface area contributed by atoms with Crippen molar-refractivity contribution in [3.63, 3.8) is 0 Å². The number of aliphatic imine (C=N–C) groups is 1. The third-order valence-electron chi connectivity index (χ3n) is 8.19. The van der Waals surface area contributed by atoms with Crippen LogP contribution in [-0.4, -0.2) is 75.2 Å². The van der Waals surface area contributed by atoms with Gasteiger partial charge in [-0.05, 0) is 69.7 Å². The number of carbonyl (C=O) groups is 3. The van der Waals surface area contributed by atoms with E-state index in [2.05, 4.69) is 21.0 Å². The first-order valence-corrected chi connectivity index (χ1v) is 15.7. The molecular weight excluding hydrogens is 564 g/mol. The Morgan fingerprint density at radius 3 is 2.58 bits per heavy atom. The van der Waals surface area contributed by atoms with E-state index in [1.165, 1.54) is 5.57 Å². The lowest BCUT2D eigenvalue weighted by molar-refractivity contribution is -0.156. The fraction of sp³-hybridized carbons (Fsp3) is 0.500. The molecule has 228 valence electrons. The first-order valence-electron chi connectivity index (χ1n) is 14.9. The Kier molecular flexibility index (Phi) is 9.10. The number of thiazole rings is 1. The highest BCUT2D eigenvalue weighted by Crippen LogP contribution is 2.41. The molecule has 0 aromatic carbocycles. The minimum absolute atomic E-state index is 0.0234. The molecule has 2 aromatic heterocycles. The number of nitrogens with zero attached hydrogens (tertiary/aromatic N) is 5. The van der Waals surface area contributed by atoms with Gasteiger partial charge in [0.1, 0.15) is 11.4 Å². The Bertz CT molecular complexity index is 1450. The predicted molar refractivity (Wildman–Crippen MR) is 167 cm³/mol. The van der Waals surface area contributed by atoms with Gasteiger partial charge in [0.2, 0.25) is 11.8 Å². The number of hydrogen-bond acceptors (Lipinski definition) is 9. The summed E-state index contributed by atoms with van der Waals surface area (Å²) in [5, 5.41) is 3.09. The molecule has 0 aliphatic carbocycles. The first kappa shape index (κ1) is 30.6. The van der Waals surface area contributed by atoms with Crippen molar-refractivity contribution in [3.8, 4) is 0 Å². The maximum atomic E-state index is 12.9. The van der Waals surface area contributed by atoms with E-state index in [1.807, 2.05) is 49.4 Å². The van der Waals surface area contributed by atoms with Crippen LogP contribution in [0.1, 0.15) is 69.0 Å². The van der Waals surface area contributed by atoms with E-state index < -0.39 is 5.60 Å². The molecule has 1 spiro atoms. The van der Waals surface area contributed by atoms with Crippen LogP contribution in [0, 0.1) is 5.41 Å². The summed E-state index contributed by atoms with van der Waals surface area (Å²) in [5.74, 6) is 0.726. The SMILES string of the molecule is CC(C)(C)OC(=O)CCC(=O)N1CCC2(CC1)Cc1cc(/C=C/C(=O)N3CC=C(Cc4nccs4)CC3)cnc1N=C2N. The molecule has 43 heavy (non-hydrogen) atoms. The molecule has 1 fully saturated rings. The monoisotopic (exact) mass is 604 g/mol. The smallest absolute Gasteiger partial charge is 0.306 e. The zero-order valence-corrected chi connectivity index (χ0v) is 26.0. The van der Waals surface area contributed by atoms with Crippen LogP contribution >= 0.6 is 11.3 Å². The van der Waals surface area contributed by atoms with E-state index in [0.717, 1.165) is 29.0 Å². The lowest BCUT2D eigenvalue weighted by atomic mass is 9.71. The van der Waals surface area contributed by atoms with Crippen molar-refractivity contribution in [2.24, 2.45) is 16.1 Å². The number of fused-ring (bicyclic) bond motifs is 1. The molecule has 3 aliphatic rings. The second-order valence-corrected chi connectivity index (χ2v) is 13.5. The second-order valence-electron chi connectivity index (χ2n) is 12.5. The van der Waals surface area contributed by atoms with Gasteiger partial charge in [0.25, 0.3) is 0 Å². The van der Waals surface area contributed by atoms with Crippen LogP contribution in [0.25, 0.3) is 6.08 Å². The lowest BCUT2D eigenvalue weighted by Crippen LogP contribution is -2.50. The number of aromatic nitrogens is 2. The van der Waals surface area contributed by atoms with Crippen LogP contribution < -0.4 is 5.73 Å². The zero-order valence-electron chi connectivity index (χ0n) is 25.2. The predicted octanol–water partition coefficient (Wildman–Crippen LogP) is 4.23. The summed E-state index contributed by atoms with van der Waals surface area (Å²) in [6.45, 7) is 7.84. The van der Waals surface area contributed by atoms with Gasteiger partial charge in [0.15, 0.2) is 5.82 Å². The molecule has 5 heterocycles. The number of esters is 1. The van der Waals surface area contributed by atoms with Crippen LogP contribution in [-0.2, 0) is 32.0 Å². The van der Waals surface area contributed by atoms with Gasteiger partial charge in [-0.1, -0.05) is 11.6 Å². The molecule has 1 saturated heterocycles. The number of pyridine rings is 1. The van der Waals surface area contributed by atoms with Gasteiger partial charge in [-0.15, -0.1) is 11.3 Å². The van der Waals surface area contributed by atoms with Crippen LogP contribution in [0.4, 0.5) is 5.82 Å². The summed E-state index contributed by atoms with van der Waals surface area (Å²) in [7, 11) is 0. The molecule has 0 atom stereocenters. The number of nitrogens with two attached hydrogens (primary N) is 1. The number of hydrogen-bond donors (Lipinski definition) is 1. The van der Waals surface area contributed by atoms with E-state index in [1.54, 1.807) is 28.5 Å². The molecule has 11 heteroatoms. The maximum Gasteiger partial charge on any atom is 0.306 e. The van der Waals surface area contributed by atoms with Gasteiger partial charge >= 0.3 is 5.97 Å². The highest BCUT2D eigenvalue weighted by Gasteiger charge is 2.42. The third-order valence-corrected chi connectivity index (χ3v) is 8.97. The molecule has 2 aromatic rings. The quantitative estimate of drug-likeness (QED) is 0.284. The lowest BCUT2D eigenvalue weighted by Gasteiger charge is -2.43. The largest absolute Gasteiger partial charge is 0.460 e. The van der Waals surface area contributed by atoms with E-state index in [4.69, 9.17) is 10.5 Å². The summed E-state index contributed by atoms with van der Waals surface area (Å²) < 4.78 is 5.33. The highest BCUT2D eigenvalue weighted by atomic mass is 32.1. The van der Waals surface area contributed by atoms with Gasteiger partial charge in [0.05, 0.1) is 11.4 Å². The number of piperidine rings is 1. The number of likely N-dealkylation sites (tertiary alicyclic amines) is 1. The van der Waals surface area contributed by atoms with E-state index in [-0.39, 0.29) is 36.0 Å². The molecule has 3 aliphatic heterocycles. The van der Waals surface area contributed by atoms with Crippen LogP contribution in [0.5, 0.6) is 0 Å². The van der Waals surface area contributed by atoms with Crippen molar-refractivity contribution in [2.75, 3.05) is 26.2 Å². The Morgan fingerprint density at radius 2 is 1.91 bits per heavy atom. The van der Waals surface area contributed by atoms with E-state index >= 15 is 0 Å². The van der Waals surface area contributed by atoms with Crippen molar-refractivity contribution >= 4 is 46.8 Å². The molecule has 2 amide bonds. The third kappa shape index (κ3) is 7.76. The molecule has 0 unspecified atom stereocenters. The Balaban J connectivity index is 1.15. The molecule has 5 rings (SSSR count). The van der Waals surface area contributed by atoms with Crippen molar-refractivity contribution in [1.82, 2.24) is 19.8 Å².